The van der Waals surface area contributed by atoms with E-state index >= 15 is 0 Å². The number of carbonyl (C=O) groups excluding carboxylic acids is 6. The summed E-state index contributed by atoms with van der Waals surface area (Å²) >= 11 is 0. The second-order valence-electron chi connectivity index (χ2n) is 39.9. The van der Waals surface area contributed by atoms with Crippen LogP contribution in [0.25, 0.3) is 0 Å². The third-order valence-electron chi connectivity index (χ3n) is 27.9. The summed E-state index contributed by atoms with van der Waals surface area (Å²) in [4.78, 5) is 73.7. The fourth-order valence-corrected chi connectivity index (χ4v) is 18.5. The second kappa shape index (κ2) is 107. The number of hydrogen-bond donors (Lipinski definition) is 0. The Morgan fingerprint density at radius 2 is 0.238 bits per heavy atom. The zero-order valence-corrected chi connectivity index (χ0v) is 89.5. The molecule has 0 unspecified atom stereocenters. The van der Waals surface area contributed by atoms with Gasteiger partial charge in [-0.05, 0) is 213 Å². The van der Waals surface area contributed by atoms with Crippen LogP contribution in [0.15, 0.2) is 72.9 Å². The number of carbonyl (C=O) groups is 6. The van der Waals surface area contributed by atoms with Crippen molar-refractivity contribution in [2.24, 2.45) is 16.2 Å². The van der Waals surface area contributed by atoms with E-state index in [1.807, 2.05) is 0 Å². The number of Topliss-reactive ketones (excluding diaryl/α,β-unsaturated/α-hetero) is 3. The van der Waals surface area contributed by atoms with Crippen LogP contribution in [0.5, 0.6) is 0 Å². The minimum atomic E-state index is -1.28. The molecular formula is C120H219AlO9. The molecule has 0 aromatic carbocycles. The standard InChI is InChI=1S/3C40H74O3.Al/c3*1-4-6-8-10-12-14-16-18-20-22-24-26-28-30-32-34-36-40(38(3)41,39(42)43)37-35-33-31-29-27-25-23-21-19-17-15-13-11-9-7-5-2;/h3*18-21H,4-17,22-37H2,1-3H3,(H,42,43);/q;;;+3/p-3/b3*20-18-,21-19-;. The first-order chi connectivity index (χ1) is 63.0. The molecule has 0 spiro atoms. The molecule has 0 amide bonds. The number of ketones is 3. The molecule has 0 aromatic rings. The van der Waals surface area contributed by atoms with Crippen molar-refractivity contribution in [2.75, 3.05) is 0 Å². The molecule has 0 heterocycles. The van der Waals surface area contributed by atoms with Gasteiger partial charge in [0.2, 0.25) is 0 Å². The van der Waals surface area contributed by atoms with Gasteiger partial charge in [0.15, 0.2) is 0 Å². The molecule has 0 atom stereocenters. The molecule has 0 aliphatic rings. The van der Waals surface area contributed by atoms with Crippen molar-refractivity contribution < 1.29 is 44.1 Å². The Hall–Kier alpha value is -3.61. The van der Waals surface area contributed by atoms with E-state index in [2.05, 4.69) is 114 Å². The molecule has 0 radical (unpaired) electrons. The average Bonchev–Trinajstić information content (AvgIpc) is 0.839. The Morgan fingerprint density at radius 1 is 0.154 bits per heavy atom. The largest absolute Gasteiger partial charge is 3.00 e. The van der Waals surface area contributed by atoms with Gasteiger partial charge in [0, 0.05) is 0 Å². The molecule has 0 bridgehead atoms. The first-order valence-corrected chi connectivity index (χ1v) is 57.1. The molecule has 9 nitrogen and oxygen atoms in total. The van der Waals surface area contributed by atoms with Gasteiger partial charge in [-0.15, -0.1) is 0 Å². The van der Waals surface area contributed by atoms with E-state index in [0.29, 0.717) is 38.5 Å². The number of allylic oxidation sites excluding steroid dienone is 12. The third-order valence-corrected chi connectivity index (χ3v) is 27.9. The van der Waals surface area contributed by atoms with Crippen LogP contribution in [0.1, 0.15) is 640 Å². The molecule has 0 aromatic heterocycles. The van der Waals surface area contributed by atoms with Crippen LogP contribution in [0.3, 0.4) is 0 Å². The van der Waals surface area contributed by atoms with Gasteiger partial charge in [0.1, 0.15) is 17.3 Å². The van der Waals surface area contributed by atoms with Crippen molar-refractivity contribution in [2.45, 2.75) is 640 Å². The van der Waals surface area contributed by atoms with Crippen molar-refractivity contribution in [3.05, 3.63) is 72.9 Å². The minimum absolute atomic E-state index is 0. The zero-order valence-electron chi connectivity index (χ0n) is 88.3. The normalized spacial score (nSPS) is 12.1. The summed E-state index contributed by atoms with van der Waals surface area (Å²) in [6.45, 7) is 18.0. The van der Waals surface area contributed by atoms with E-state index in [-0.39, 0.29) is 34.7 Å². The molecule has 756 valence electrons. The monoisotopic (exact) mass is 1830 g/mol. The molecule has 10 heteroatoms. The molecule has 130 heavy (non-hydrogen) atoms. The first kappa shape index (κ1) is 133. The van der Waals surface area contributed by atoms with Gasteiger partial charge >= 0.3 is 17.4 Å². The predicted molar refractivity (Wildman–Crippen MR) is 565 cm³/mol. The summed E-state index contributed by atoms with van der Waals surface area (Å²) in [7, 11) is 0. The predicted octanol–water partition coefficient (Wildman–Crippen LogP) is 36.1. The Morgan fingerprint density at radius 3 is 0.323 bits per heavy atom. The summed E-state index contributed by atoms with van der Waals surface area (Å²) in [5.41, 5.74) is -3.83. The second-order valence-corrected chi connectivity index (χ2v) is 39.9. The summed E-state index contributed by atoms with van der Waals surface area (Å²) in [6, 6.07) is 0. The smallest absolute Gasteiger partial charge is 0.549 e. The SMILES string of the molecule is CCCCCCCC/C=C\CCCCCCCCC(CCCCCCCC/C=C\CCCCCCCC)(C(C)=O)C(=O)[O-].CCCCCCCC/C=C\CCCCCCCCC(CCCCCCCC/C=C\CCCCCCCC)(C(C)=O)C(=O)[O-].CCCCCCCC/C=C\CCCCCCCCC(CCCCCCCC/C=C\CCCCCCCC)(C(C)=O)C(=O)[O-].[Al+3]. The number of rotatable bonds is 102. The molecule has 0 aliphatic heterocycles. The summed E-state index contributed by atoms with van der Waals surface area (Å²) in [5, 5.41) is 36.3. The number of carboxylic acids is 3. The zero-order chi connectivity index (χ0) is 95.1. The van der Waals surface area contributed by atoms with Crippen molar-refractivity contribution in [3.63, 3.8) is 0 Å². The topological polar surface area (TPSA) is 172 Å². The van der Waals surface area contributed by atoms with Gasteiger partial charge in [-0.3, -0.25) is 14.4 Å². The molecule has 0 rings (SSSR count). The minimum Gasteiger partial charge on any atom is -0.549 e. The maximum atomic E-state index is 12.5. The number of unbranched alkanes of at least 4 members (excludes halogenated alkanes) is 72. The van der Waals surface area contributed by atoms with Crippen LogP contribution in [-0.4, -0.2) is 52.6 Å². The van der Waals surface area contributed by atoms with Gasteiger partial charge in [0.05, 0.1) is 34.2 Å². The molecule has 0 fully saturated rings. The van der Waals surface area contributed by atoms with E-state index < -0.39 is 34.2 Å². The Kier molecular flexibility index (Phi) is 110. The van der Waals surface area contributed by atoms with E-state index in [1.54, 1.807) is 0 Å². The molecular weight excluding hydrogens is 1610 g/mol. The van der Waals surface area contributed by atoms with Gasteiger partial charge in [-0.1, -0.05) is 500 Å². The van der Waals surface area contributed by atoms with Gasteiger partial charge in [0.25, 0.3) is 0 Å². The average molecular weight is 1830 g/mol. The maximum Gasteiger partial charge on any atom is 3.00 e. The van der Waals surface area contributed by atoms with Crippen LogP contribution in [-0.2, 0) is 28.8 Å². The molecule has 0 saturated heterocycles. The first-order valence-electron chi connectivity index (χ1n) is 57.1. The summed E-state index contributed by atoms with van der Waals surface area (Å²) < 4.78 is 0. The van der Waals surface area contributed by atoms with E-state index in [9.17, 15) is 44.1 Å². The van der Waals surface area contributed by atoms with Crippen LogP contribution in [0.4, 0.5) is 0 Å². The van der Waals surface area contributed by atoms with E-state index in [0.717, 1.165) is 116 Å². The number of hydrogen-bond acceptors (Lipinski definition) is 9. The van der Waals surface area contributed by atoms with Crippen molar-refractivity contribution in [3.8, 4) is 0 Å². The maximum absolute atomic E-state index is 12.5. The Labute approximate surface area is 820 Å². The number of carboxylic acid groups (broad SMARTS) is 3. The summed E-state index contributed by atoms with van der Waals surface area (Å²) in [5.74, 6) is -4.10. The van der Waals surface area contributed by atoms with Crippen LogP contribution in [0.2, 0.25) is 0 Å². The molecule has 0 saturated carbocycles. The van der Waals surface area contributed by atoms with Crippen LogP contribution in [0, 0.1) is 16.2 Å². The quantitative estimate of drug-likeness (QED) is 0.0249. The molecule has 0 aliphatic carbocycles. The van der Waals surface area contributed by atoms with Gasteiger partial charge < -0.3 is 29.7 Å². The van der Waals surface area contributed by atoms with Crippen molar-refractivity contribution in [1.82, 2.24) is 0 Å². The van der Waals surface area contributed by atoms with Gasteiger partial charge in [-0.2, -0.15) is 0 Å². The van der Waals surface area contributed by atoms with E-state index in [4.69, 9.17) is 0 Å². The Bertz CT molecular complexity index is 2140. The third kappa shape index (κ3) is 88.4. The Balaban J connectivity index is -0.000000912. The summed E-state index contributed by atoms with van der Waals surface area (Å²) in [6.07, 6.45) is 134. The fourth-order valence-electron chi connectivity index (χ4n) is 18.5. The number of aliphatic carboxylic acids is 3. The van der Waals surface area contributed by atoms with Crippen LogP contribution >= 0.6 is 0 Å². The van der Waals surface area contributed by atoms with E-state index in [1.165, 1.54) is 445 Å². The van der Waals surface area contributed by atoms with Gasteiger partial charge in [-0.25, -0.2) is 0 Å². The molecule has 0 N–H and O–H groups in total. The van der Waals surface area contributed by atoms with Crippen LogP contribution < -0.4 is 15.3 Å². The van der Waals surface area contributed by atoms with Crippen molar-refractivity contribution in [1.29, 1.82) is 0 Å². The fraction of sp³-hybridized carbons (Fsp3) is 0.850. The van der Waals surface area contributed by atoms with Crippen molar-refractivity contribution >= 4 is 52.6 Å².